The average molecular weight is 1370 g/mol. The fraction of sp³-hybridized carbons (Fsp3) is 0. The van der Waals surface area contributed by atoms with Crippen molar-refractivity contribution in [1.82, 2.24) is 39.9 Å². The molecule has 8 aromatic carbocycles. The van der Waals surface area contributed by atoms with Crippen molar-refractivity contribution in [1.29, 1.82) is 0 Å². The van der Waals surface area contributed by atoms with E-state index in [0.29, 0.717) is 45.9 Å². The number of hydrogen-bond acceptors (Lipinski definition) is 9. The van der Waals surface area contributed by atoms with Gasteiger partial charge in [0.15, 0.2) is 17.5 Å². The fourth-order valence-corrected chi connectivity index (χ4v) is 9.27. The molecule has 376 valence electrons. The normalized spacial score (nSPS) is 10.8. The van der Waals surface area contributed by atoms with Crippen LogP contribution in [0.3, 0.4) is 0 Å². The summed E-state index contributed by atoms with van der Waals surface area (Å²) in [6, 6.07) is 87.0. The summed E-state index contributed by atoms with van der Waals surface area (Å²) in [4.78, 5) is 39.5. The maximum atomic E-state index is 6.87. The summed E-state index contributed by atoms with van der Waals surface area (Å²) in [6.07, 6.45) is 7.15. The molecule has 0 N–H and O–H groups in total. The SMILES string of the molecule is [Ir+3].[Pt+2].[c-]1cc(-c2ccccc2-c2nc(-c3ccccc3-c3c[c-]c(-c4ccccn4)cc3)nc(-c3ccccc3-c3c[c-]c(-c4ccccn4)cc3)n2)c(Oc2[c-]c(-c3ccccn3)ccc2)[c-]c1-c1ncc2ccccc2n1. The van der Waals surface area contributed by atoms with Crippen molar-refractivity contribution in [3.05, 3.63) is 267 Å². The Kier molecular flexibility index (Phi) is 15.4. The number of nitrogens with zero attached hydrogens (tertiary/aromatic N) is 8. The Bertz CT molecular complexity index is 4100. The minimum atomic E-state index is 0. The van der Waals surface area contributed by atoms with Crippen molar-refractivity contribution in [3.8, 4) is 124 Å². The van der Waals surface area contributed by atoms with Crippen molar-refractivity contribution in [3.63, 3.8) is 0 Å². The molecule has 13 rings (SSSR count). The Morgan fingerprint density at radius 2 is 0.835 bits per heavy atom. The second kappa shape index (κ2) is 23.5. The molecule has 13 aromatic rings. The summed E-state index contributed by atoms with van der Waals surface area (Å²) in [5.41, 5.74) is 13.9. The van der Waals surface area contributed by atoms with Gasteiger partial charge in [0.1, 0.15) is 0 Å². The molecule has 0 aliphatic rings. The van der Waals surface area contributed by atoms with Gasteiger partial charge in [-0.15, -0.1) is 89.0 Å². The molecule has 5 heterocycles. The Balaban J connectivity index is 0.00000330. The number of hydrogen-bond donors (Lipinski definition) is 0. The fourth-order valence-electron chi connectivity index (χ4n) is 9.27. The Morgan fingerprint density at radius 1 is 0.342 bits per heavy atom. The van der Waals surface area contributed by atoms with E-state index in [1.807, 2.05) is 194 Å². The maximum Gasteiger partial charge on any atom is 3.00 e. The average Bonchev–Trinajstić information content (AvgIpc) is 3.57. The van der Waals surface area contributed by atoms with E-state index in [-0.39, 0.29) is 41.2 Å². The molecule has 0 saturated carbocycles. The molecule has 9 nitrogen and oxygen atoms in total. The first-order valence-corrected chi connectivity index (χ1v) is 24.9. The minimum Gasteiger partial charge on any atom is -0.515 e. The summed E-state index contributed by atoms with van der Waals surface area (Å²) >= 11 is 0. The first kappa shape index (κ1) is 51.8. The molecule has 5 aromatic heterocycles. The molecule has 79 heavy (non-hydrogen) atoms. The van der Waals surface area contributed by atoms with E-state index >= 15 is 0 Å². The van der Waals surface area contributed by atoms with Gasteiger partial charge < -0.3 is 29.7 Å². The summed E-state index contributed by atoms with van der Waals surface area (Å²) in [6.45, 7) is 0. The number of para-hydroxylation sites is 1. The predicted octanol–water partition coefficient (Wildman–Crippen LogP) is 15.5. The molecule has 0 unspecified atom stereocenters. The van der Waals surface area contributed by atoms with E-state index in [0.717, 1.165) is 89.2 Å². The Labute approximate surface area is 484 Å². The van der Waals surface area contributed by atoms with Crippen molar-refractivity contribution in [2.45, 2.75) is 0 Å². The maximum absolute atomic E-state index is 6.87. The van der Waals surface area contributed by atoms with Crippen molar-refractivity contribution < 1.29 is 45.9 Å². The molecule has 0 aliphatic carbocycles. The van der Waals surface area contributed by atoms with Crippen LogP contribution in [0.5, 0.6) is 11.5 Å². The zero-order valence-corrected chi connectivity index (χ0v) is 46.3. The van der Waals surface area contributed by atoms with Crippen LogP contribution in [0.25, 0.3) is 124 Å². The van der Waals surface area contributed by atoms with Crippen LogP contribution in [0.15, 0.2) is 237 Å². The standard InChI is InChI=1S/C68H39N8O.Ir.Pt/c1-8-28-63-51(16-1)44-72-65(73-63)50-37-38-56(64(43-50)77-52-18-15-17-49(42-52)62-27-11-14-41-71-62)55-21-4-7-24-59(55)68-75-66(57-22-5-2-19-53(57)45-29-33-47(34-30-45)60-25-9-12-39-69-60)74-67(76-68)58-23-6-3-20-54(58)46-31-35-48(36-32-46)61-26-10-13-40-70-61;;/h1-33,35,38-41,44H;;/q-5;+3;+2. The zero-order chi connectivity index (χ0) is 51.3. The van der Waals surface area contributed by atoms with E-state index < -0.39 is 0 Å². The van der Waals surface area contributed by atoms with E-state index in [1.54, 1.807) is 18.6 Å². The predicted molar refractivity (Wildman–Crippen MR) is 301 cm³/mol. The van der Waals surface area contributed by atoms with E-state index in [2.05, 4.69) is 69.5 Å². The van der Waals surface area contributed by atoms with Crippen LogP contribution in [-0.4, -0.2) is 39.9 Å². The molecule has 0 atom stereocenters. The second-order valence-corrected chi connectivity index (χ2v) is 17.9. The van der Waals surface area contributed by atoms with E-state index in [4.69, 9.17) is 29.7 Å². The van der Waals surface area contributed by atoms with Gasteiger partial charge in [0.2, 0.25) is 0 Å². The van der Waals surface area contributed by atoms with Gasteiger partial charge in [-0.25, -0.2) is 32.6 Å². The summed E-state index contributed by atoms with van der Waals surface area (Å²) in [5.74, 6) is 2.73. The molecule has 0 spiro atoms. The molecule has 0 radical (unpaired) electrons. The van der Waals surface area contributed by atoms with Gasteiger partial charge in [-0.1, -0.05) is 150 Å². The van der Waals surface area contributed by atoms with E-state index in [1.165, 1.54) is 0 Å². The monoisotopic (exact) mass is 1370 g/mol. The van der Waals surface area contributed by atoms with Crippen LogP contribution in [0.4, 0.5) is 0 Å². The minimum absolute atomic E-state index is 0. The molecule has 0 aliphatic heterocycles. The van der Waals surface area contributed by atoms with Gasteiger partial charge in [0.05, 0.1) is 5.52 Å². The molecule has 0 saturated heterocycles. The van der Waals surface area contributed by atoms with Crippen LogP contribution in [0, 0.1) is 30.3 Å². The third-order valence-corrected chi connectivity index (χ3v) is 13.0. The van der Waals surface area contributed by atoms with Crippen LogP contribution in [0.2, 0.25) is 0 Å². The Morgan fingerprint density at radius 3 is 1.37 bits per heavy atom. The van der Waals surface area contributed by atoms with Gasteiger partial charge >= 0.3 is 41.2 Å². The molecular weight excluding hydrogens is 1330 g/mol. The van der Waals surface area contributed by atoms with E-state index in [9.17, 15) is 0 Å². The molecule has 0 bridgehead atoms. The molecule has 11 heteroatoms. The van der Waals surface area contributed by atoms with Crippen molar-refractivity contribution in [2.24, 2.45) is 0 Å². The van der Waals surface area contributed by atoms with Gasteiger partial charge in [-0.3, -0.25) is 6.07 Å². The zero-order valence-electron chi connectivity index (χ0n) is 41.7. The number of aromatic nitrogens is 8. The first-order chi connectivity index (χ1) is 38.1. The topological polar surface area (TPSA) is 112 Å². The quantitative estimate of drug-likeness (QED) is 0.110. The largest absolute Gasteiger partial charge is 3.00 e. The molecule has 0 fully saturated rings. The summed E-state index contributed by atoms with van der Waals surface area (Å²) < 4.78 is 6.87. The third kappa shape index (κ3) is 11.0. The summed E-state index contributed by atoms with van der Waals surface area (Å²) in [7, 11) is 0. The van der Waals surface area contributed by atoms with Crippen molar-refractivity contribution >= 4 is 10.9 Å². The second-order valence-electron chi connectivity index (χ2n) is 17.9. The number of fused-ring (bicyclic) bond motifs is 1. The number of benzene rings is 8. The molecular formula is C68H39IrN8OPt. The number of rotatable bonds is 12. The van der Waals surface area contributed by atoms with Crippen LogP contribution >= 0.6 is 0 Å². The first-order valence-electron chi connectivity index (χ1n) is 24.9. The van der Waals surface area contributed by atoms with Gasteiger partial charge in [0.25, 0.3) is 0 Å². The third-order valence-electron chi connectivity index (χ3n) is 13.0. The van der Waals surface area contributed by atoms with Crippen LogP contribution in [-0.2, 0) is 41.2 Å². The van der Waals surface area contributed by atoms with Crippen molar-refractivity contribution in [2.75, 3.05) is 0 Å². The summed E-state index contributed by atoms with van der Waals surface area (Å²) in [5, 5.41) is 0.925. The van der Waals surface area contributed by atoms with Crippen LogP contribution < -0.4 is 4.74 Å². The van der Waals surface area contributed by atoms with Gasteiger partial charge in [-0.05, 0) is 64.0 Å². The Hall–Kier alpha value is -9.30. The molecule has 0 amide bonds. The smallest absolute Gasteiger partial charge is 0.515 e. The number of pyridine rings is 3. The van der Waals surface area contributed by atoms with Crippen LogP contribution in [0.1, 0.15) is 0 Å². The number of ether oxygens (including phenoxy) is 1. The van der Waals surface area contributed by atoms with Gasteiger partial charge in [-0.2, -0.15) is 0 Å². The van der Waals surface area contributed by atoms with Gasteiger partial charge in [0, 0.05) is 52.6 Å².